The number of esters is 1. The first-order chi connectivity index (χ1) is 12.6. The number of carbonyl (C=O) groups excluding carboxylic acids is 2. The quantitative estimate of drug-likeness (QED) is 0.667. The normalized spacial score (nSPS) is 10.3. The number of amides is 2. The van der Waals surface area contributed by atoms with Crippen molar-refractivity contribution in [1.82, 2.24) is 15.1 Å². The number of rotatable bonds is 6. The van der Waals surface area contributed by atoms with Gasteiger partial charge >= 0.3 is 12.0 Å². The first-order valence-corrected chi connectivity index (χ1v) is 8.00. The van der Waals surface area contributed by atoms with E-state index < -0.39 is 12.0 Å². The van der Waals surface area contributed by atoms with E-state index in [1.165, 1.54) is 0 Å². The zero-order valence-corrected chi connectivity index (χ0v) is 14.0. The summed E-state index contributed by atoms with van der Waals surface area (Å²) in [5.41, 5.74) is 8.13. The van der Waals surface area contributed by atoms with E-state index >= 15 is 0 Å². The summed E-state index contributed by atoms with van der Waals surface area (Å²) in [5.74, 6) is -0.407. The molecule has 26 heavy (non-hydrogen) atoms. The van der Waals surface area contributed by atoms with Crippen LogP contribution in [0.5, 0.6) is 0 Å². The number of nitrogens with one attached hydrogen (secondary N) is 1. The second-order valence-corrected chi connectivity index (χ2v) is 5.61. The Labute approximate surface area is 150 Å². The van der Waals surface area contributed by atoms with Crippen LogP contribution in [0.15, 0.2) is 67.0 Å². The largest absolute Gasteiger partial charge is 0.457 e. The molecule has 0 radical (unpaired) electrons. The summed E-state index contributed by atoms with van der Waals surface area (Å²) in [7, 11) is 0. The molecule has 0 aliphatic rings. The minimum atomic E-state index is -0.591. The fourth-order valence-electron chi connectivity index (χ4n) is 2.35. The average Bonchev–Trinajstić information content (AvgIpc) is 3.20. The van der Waals surface area contributed by atoms with Gasteiger partial charge in [-0.15, -0.1) is 0 Å². The van der Waals surface area contributed by atoms with Gasteiger partial charge in [-0.05, 0) is 41.5 Å². The Morgan fingerprint density at radius 1 is 1.04 bits per heavy atom. The van der Waals surface area contributed by atoms with Crippen LogP contribution in [0.2, 0.25) is 0 Å². The van der Waals surface area contributed by atoms with Crippen molar-refractivity contribution in [3.63, 3.8) is 0 Å². The molecule has 2 amide bonds. The molecule has 3 rings (SSSR count). The van der Waals surface area contributed by atoms with Gasteiger partial charge in [0.25, 0.3) is 0 Å². The fourth-order valence-corrected chi connectivity index (χ4v) is 2.35. The van der Waals surface area contributed by atoms with Gasteiger partial charge in [-0.2, -0.15) is 5.10 Å². The van der Waals surface area contributed by atoms with Gasteiger partial charge in [-0.3, -0.25) is 0 Å². The second kappa shape index (κ2) is 7.98. The number of primary amides is 1. The van der Waals surface area contributed by atoms with Crippen molar-refractivity contribution < 1.29 is 14.3 Å². The molecular formula is C19H18N4O3. The molecule has 1 heterocycles. The lowest BCUT2D eigenvalue weighted by Crippen LogP contribution is -2.28. The van der Waals surface area contributed by atoms with E-state index in [0.717, 1.165) is 16.8 Å². The Hall–Kier alpha value is -3.61. The summed E-state index contributed by atoms with van der Waals surface area (Å²) in [6, 6.07) is 15.7. The molecule has 0 atom stereocenters. The van der Waals surface area contributed by atoms with Crippen LogP contribution in [-0.4, -0.2) is 21.8 Å². The summed E-state index contributed by atoms with van der Waals surface area (Å²) >= 11 is 0. The molecule has 0 spiro atoms. The van der Waals surface area contributed by atoms with Crippen molar-refractivity contribution in [3.05, 3.63) is 83.7 Å². The minimum Gasteiger partial charge on any atom is -0.457 e. The summed E-state index contributed by atoms with van der Waals surface area (Å²) in [6.45, 7) is 0.496. The van der Waals surface area contributed by atoms with Gasteiger partial charge in [-0.25, -0.2) is 14.3 Å². The second-order valence-electron chi connectivity index (χ2n) is 5.61. The van der Waals surface area contributed by atoms with Crippen LogP contribution in [0.25, 0.3) is 5.69 Å². The Bertz CT molecular complexity index is 872. The maximum atomic E-state index is 12.1. The maximum Gasteiger partial charge on any atom is 0.338 e. The summed E-state index contributed by atoms with van der Waals surface area (Å²) in [6.07, 6.45) is 3.57. The van der Waals surface area contributed by atoms with Crippen molar-refractivity contribution in [1.29, 1.82) is 0 Å². The number of hydrogen-bond acceptors (Lipinski definition) is 4. The molecule has 1 aromatic heterocycles. The summed E-state index contributed by atoms with van der Waals surface area (Å²) < 4.78 is 7.09. The highest BCUT2D eigenvalue weighted by atomic mass is 16.5. The van der Waals surface area contributed by atoms with Crippen LogP contribution >= 0.6 is 0 Å². The van der Waals surface area contributed by atoms with Gasteiger partial charge < -0.3 is 15.8 Å². The van der Waals surface area contributed by atoms with Crippen LogP contribution in [0, 0.1) is 0 Å². The molecule has 0 unspecified atom stereocenters. The molecule has 3 aromatic rings. The van der Waals surface area contributed by atoms with Gasteiger partial charge in [0, 0.05) is 18.9 Å². The highest BCUT2D eigenvalue weighted by molar-refractivity contribution is 5.89. The van der Waals surface area contributed by atoms with Gasteiger partial charge in [0.1, 0.15) is 6.61 Å². The first kappa shape index (κ1) is 17.2. The number of nitrogens with zero attached hydrogens (tertiary/aromatic N) is 2. The summed E-state index contributed by atoms with van der Waals surface area (Å²) in [4.78, 5) is 22.8. The van der Waals surface area contributed by atoms with Gasteiger partial charge in [0.2, 0.25) is 0 Å². The van der Waals surface area contributed by atoms with E-state index in [-0.39, 0.29) is 6.61 Å². The fraction of sp³-hybridized carbons (Fsp3) is 0.105. The zero-order valence-electron chi connectivity index (χ0n) is 14.0. The predicted molar refractivity (Wildman–Crippen MR) is 95.5 cm³/mol. The highest BCUT2D eigenvalue weighted by Gasteiger charge is 2.08. The lowest BCUT2D eigenvalue weighted by atomic mass is 10.1. The Balaban J connectivity index is 1.54. The van der Waals surface area contributed by atoms with E-state index in [0.29, 0.717) is 12.1 Å². The number of benzene rings is 2. The van der Waals surface area contributed by atoms with Crippen molar-refractivity contribution in [2.24, 2.45) is 5.73 Å². The molecule has 7 heteroatoms. The Kier molecular flexibility index (Phi) is 5.28. The monoisotopic (exact) mass is 350 g/mol. The minimum absolute atomic E-state index is 0.184. The van der Waals surface area contributed by atoms with Crippen molar-refractivity contribution in [2.45, 2.75) is 13.2 Å². The average molecular weight is 350 g/mol. The third-order valence-corrected chi connectivity index (χ3v) is 3.73. The third-order valence-electron chi connectivity index (χ3n) is 3.73. The third kappa shape index (κ3) is 4.47. The molecule has 0 fully saturated rings. The molecule has 2 aromatic carbocycles. The molecule has 7 nitrogen and oxygen atoms in total. The molecule has 0 saturated carbocycles. The molecule has 132 valence electrons. The number of aromatic nitrogens is 2. The number of hydrogen-bond donors (Lipinski definition) is 2. The number of urea groups is 1. The van der Waals surface area contributed by atoms with Crippen LogP contribution in [-0.2, 0) is 17.9 Å². The smallest absolute Gasteiger partial charge is 0.338 e. The van der Waals surface area contributed by atoms with E-state index in [9.17, 15) is 9.59 Å². The van der Waals surface area contributed by atoms with Gasteiger partial charge in [0.15, 0.2) is 0 Å². The lowest BCUT2D eigenvalue weighted by molar-refractivity contribution is 0.0472. The molecular weight excluding hydrogens is 332 g/mol. The zero-order chi connectivity index (χ0) is 18.4. The van der Waals surface area contributed by atoms with E-state index in [1.807, 2.05) is 36.5 Å². The standard InChI is InChI=1S/C19H18N4O3/c20-19(25)21-12-14-2-6-16(7-3-14)18(24)26-13-15-4-8-17(9-5-15)23-11-1-10-22-23/h1-11H,12-13H2,(H3,20,21,25). The number of ether oxygens (including phenoxy) is 1. The predicted octanol–water partition coefficient (Wildman–Crippen LogP) is 2.40. The molecule has 0 bridgehead atoms. The van der Waals surface area contributed by atoms with Gasteiger partial charge in [0.05, 0.1) is 11.3 Å². The summed E-state index contributed by atoms with van der Waals surface area (Å²) in [5, 5.41) is 6.65. The lowest BCUT2D eigenvalue weighted by Gasteiger charge is -2.07. The van der Waals surface area contributed by atoms with E-state index in [4.69, 9.17) is 10.5 Å². The van der Waals surface area contributed by atoms with Crippen LogP contribution < -0.4 is 11.1 Å². The number of carbonyl (C=O) groups is 2. The van der Waals surface area contributed by atoms with Crippen LogP contribution in [0.3, 0.4) is 0 Å². The molecule has 3 N–H and O–H groups in total. The number of nitrogens with two attached hydrogens (primary N) is 1. The van der Waals surface area contributed by atoms with Gasteiger partial charge in [-0.1, -0.05) is 24.3 Å². The molecule has 0 aliphatic carbocycles. The highest BCUT2D eigenvalue weighted by Crippen LogP contribution is 2.11. The van der Waals surface area contributed by atoms with Crippen molar-refractivity contribution in [3.8, 4) is 5.69 Å². The molecule has 0 aliphatic heterocycles. The topological polar surface area (TPSA) is 99.2 Å². The Morgan fingerprint density at radius 3 is 2.35 bits per heavy atom. The SMILES string of the molecule is NC(=O)NCc1ccc(C(=O)OCc2ccc(-n3cccn3)cc2)cc1. The maximum absolute atomic E-state index is 12.1. The molecule has 0 saturated heterocycles. The van der Waals surface area contributed by atoms with Crippen molar-refractivity contribution in [2.75, 3.05) is 0 Å². The van der Waals surface area contributed by atoms with Crippen LogP contribution in [0.4, 0.5) is 4.79 Å². The van der Waals surface area contributed by atoms with E-state index in [2.05, 4.69) is 10.4 Å². The van der Waals surface area contributed by atoms with Crippen LogP contribution in [0.1, 0.15) is 21.5 Å². The Morgan fingerprint density at radius 2 is 1.73 bits per heavy atom. The van der Waals surface area contributed by atoms with Crippen molar-refractivity contribution >= 4 is 12.0 Å². The first-order valence-electron chi connectivity index (χ1n) is 8.00. The van der Waals surface area contributed by atoms with E-state index in [1.54, 1.807) is 35.1 Å².